The average Bonchev–Trinajstić information content (AvgIpc) is 2.87. The maximum absolute atomic E-state index is 11.8. The van der Waals surface area contributed by atoms with Crippen molar-refractivity contribution in [2.24, 2.45) is 4.99 Å². The molecule has 1 aliphatic rings. The highest BCUT2D eigenvalue weighted by Crippen LogP contribution is 2.18. The van der Waals surface area contributed by atoms with Gasteiger partial charge in [0.15, 0.2) is 11.6 Å². The van der Waals surface area contributed by atoms with E-state index < -0.39 is 5.97 Å². The lowest BCUT2D eigenvalue weighted by Gasteiger charge is -2.01. The van der Waals surface area contributed by atoms with Gasteiger partial charge in [-0.05, 0) is 47.9 Å². The second kappa shape index (κ2) is 6.54. The number of carbonyl (C=O) groups excluding carboxylic acids is 1. The molecule has 0 unspecified atom stereocenters. The first kappa shape index (κ1) is 14.5. The molecule has 110 valence electrons. The van der Waals surface area contributed by atoms with E-state index in [2.05, 4.69) is 9.98 Å². The minimum Gasteiger partial charge on any atom is -0.407 e. The van der Waals surface area contributed by atoms with Crippen LogP contribution in [0.5, 0.6) is 0 Å². The lowest BCUT2D eigenvalue weighted by atomic mass is 10.1. The van der Waals surface area contributed by atoms with Crippen LogP contribution in [0.4, 0.5) is 0 Å². The molecule has 4 nitrogen and oxygen atoms in total. The smallest absolute Gasteiger partial charge is 0.363 e. The highest BCUT2D eigenvalue weighted by molar-refractivity contribution is 6.30. The Balaban J connectivity index is 1.69. The molecule has 3 rings (SSSR count). The van der Waals surface area contributed by atoms with Crippen molar-refractivity contribution in [3.05, 3.63) is 70.6 Å². The van der Waals surface area contributed by atoms with Crippen LogP contribution in [0.2, 0.25) is 5.02 Å². The van der Waals surface area contributed by atoms with Crippen molar-refractivity contribution in [3.8, 4) is 0 Å². The van der Waals surface area contributed by atoms with Crippen molar-refractivity contribution in [2.45, 2.75) is 12.8 Å². The van der Waals surface area contributed by atoms with E-state index in [0.717, 1.165) is 17.5 Å². The third-order valence-electron chi connectivity index (χ3n) is 3.19. The molecule has 0 N–H and O–H groups in total. The largest absolute Gasteiger partial charge is 0.407 e. The first-order valence-electron chi connectivity index (χ1n) is 6.86. The Morgan fingerprint density at radius 3 is 2.73 bits per heavy atom. The summed E-state index contributed by atoms with van der Waals surface area (Å²) in [5.41, 5.74) is 2.26. The standard InChI is InChI=1S/C17H13ClN2O2/c18-14-3-1-2-12(10-14)4-5-16-20-15(17(21)22-16)11-13-6-8-19-9-7-13/h1-3,6-11H,4-5H2/b15-11+. The van der Waals surface area contributed by atoms with Gasteiger partial charge in [-0.1, -0.05) is 23.7 Å². The molecule has 0 saturated carbocycles. The SMILES string of the molecule is O=C1OC(CCc2cccc(Cl)c2)=N/C1=C/c1ccncc1. The zero-order chi connectivity index (χ0) is 15.4. The topological polar surface area (TPSA) is 51.5 Å². The Hall–Kier alpha value is -2.46. The number of aliphatic imine (C=N–C) groups is 1. The number of hydrogen-bond donors (Lipinski definition) is 0. The second-order valence-electron chi connectivity index (χ2n) is 4.84. The molecule has 22 heavy (non-hydrogen) atoms. The van der Waals surface area contributed by atoms with E-state index >= 15 is 0 Å². The van der Waals surface area contributed by atoms with Crippen molar-refractivity contribution in [2.75, 3.05) is 0 Å². The molecule has 0 aliphatic carbocycles. The second-order valence-corrected chi connectivity index (χ2v) is 5.27. The van der Waals surface area contributed by atoms with Crippen LogP contribution in [0.3, 0.4) is 0 Å². The fourth-order valence-corrected chi connectivity index (χ4v) is 2.33. The number of ether oxygens (including phenoxy) is 1. The number of aryl methyl sites for hydroxylation is 1. The molecule has 0 atom stereocenters. The van der Waals surface area contributed by atoms with E-state index in [1.807, 2.05) is 24.3 Å². The normalized spacial score (nSPS) is 15.8. The minimum atomic E-state index is -0.419. The van der Waals surface area contributed by atoms with Crippen molar-refractivity contribution >= 4 is 29.5 Å². The summed E-state index contributed by atoms with van der Waals surface area (Å²) >= 11 is 5.95. The molecule has 0 bridgehead atoms. The van der Waals surface area contributed by atoms with E-state index in [4.69, 9.17) is 16.3 Å². The zero-order valence-electron chi connectivity index (χ0n) is 11.7. The van der Waals surface area contributed by atoms with Gasteiger partial charge in [-0.2, -0.15) is 0 Å². The van der Waals surface area contributed by atoms with Crippen LogP contribution in [0.1, 0.15) is 17.5 Å². The third-order valence-corrected chi connectivity index (χ3v) is 3.43. The van der Waals surface area contributed by atoms with Gasteiger partial charge in [0.25, 0.3) is 0 Å². The van der Waals surface area contributed by atoms with Gasteiger partial charge in [-0.25, -0.2) is 9.79 Å². The molecule has 2 aromatic rings. The van der Waals surface area contributed by atoms with Crippen LogP contribution < -0.4 is 0 Å². The van der Waals surface area contributed by atoms with Crippen LogP contribution in [0, 0.1) is 0 Å². The predicted octanol–water partition coefficient (Wildman–Crippen LogP) is 3.66. The van der Waals surface area contributed by atoms with E-state index in [1.54, 1.807) is 30.6 Å². The lowest BCUT2D eigenvalue weighted by Crippen LogP contribution is -2.05. The van der Waals surface area contributed by atoms with Gasteiger partial charge in [-0.15, -0.1) is 0 Å². The Labute approximate surface area is 133 Å². The van der Waals surface area contributed by atoms with Gasteiger partial charge in [0, 0.05) is 23.8 Å². The lowest BCUT2D eigenvalue weighted by molar-refractivity contribution is -0.130. The molecule has 0 fully saturated rings. The molecule has 5 heteroatoms. The molecule has 0 spiro atoms. The number of aromatic nitrogens is 1. The summed E-state index contributed by atoms with van der Waals surface area (Å²) in [5.74, 6) is 0.0168. The monoisotopic (exact) mass is 312 g/mol. The zero-order valence-corrected chi connectivity index (χ0v) is 12.5. The van der Waals surface area contributed by atoms with E-state index in [9.17, 15) is 4.79 Å². The fraction of sp³-hybridized carbons (Fsp3) is 0.118. The van der Waals surface area contributed by atoms with Gasteiger partial charge in [0.05, 0.1) is 0 Å². The Morgan fingerprint density at radius 2 is 1.95 bits per heavy atom. The number of halogens is 1. The number of carbonyl (C=O) groups is 1. The van der Waals surface area contributed by atoms with E-state index in [-0.39, 0.29) is 0 Å². The van der Waals surface area contributed by atoms with Crippen LogP contribution in [-0.2, 0) is 16.0 Å². The fourth-order valence-electron chi connectivity index (χ4n) is 2.12. The molecular formula is C17H13ClN2O2. The molecule has 0 radical (unpaired) electrons. The van der Waals surface area contributed by atoms with Crippen LogP contribution in [-0.4, -0.2) is 16.9 Å². The van der Waals surface area contributed by atoms with Crippen LogP contribution in [0.15, 0.2) is 59.5 Å². The Bertz CT molecular complexity index is 754. The highest BCUT2D eigenvalue weighted by atomic mass is 35.5. The number of pyridine rings is 1. The molecule has 1 aliphatic heterocycles. The van der Waals surface area contributed by atoms with Gasteiger partial charge < -0.3 is 4.74 Å². The summed E-state index contributed by atoms with van der Waals surface area (Å²) in [4.78, 5) is 20.0. The number of cyclic esters (lactones) is 1. The molecule has 0 saturated heterocycles. The number of esters is 1. The number of nitrogens with zero attached hydrogens (tertiary/aromatic N) is 2. The number of benzene rings is 1. The molecule has 2 heterocycles. The Morgan fingerprint density at radius 1 is 1.14 bits per heavy atom. The predicted molar refractivity (Wildman–Crippen MR) is 85.5 cm³/mol. The van der Waals surface area contributed by atoms with Crippen molar-refractivity contribution < 1.29 is 9.53 Å². The molecular weight excluding hydrogens is 300 g/mol. The summed E-state index contributed by atoms with van der Waals surface area (Å²) in [7, 11) is 0. The molecule has 1 aromatic carbocycles. The van der Waals surface area contributed by atoms with Crippen LogP contribution in [0.25, 0.3) is 6.08 Å². The third kappa shape index (κ3) is 3.59. The quantitative estimate of drug-likeness (QED) is 0.639. The van der Waals surface area contributed by atoms with Gasteiger partial charge in [0.1, 0.15) is 0 Å². The summed E-state index contributed by atoms with van der Waals surface area (Å²) in [6, 6.07) is 11.2. The van der Waals surface area contributed by atoms with Gasteiger partial charge in [0.2, 0.25) is 0 Å². The molecule has 0 amide bonds. The van der Waals surface area contributed by atoms with Crippen LogP contribution >= 0.6 is 11.6 Å². The first-order valence-corrected chi connectivity index (χ1v) is 7.24. The highest BCUT2D eigenvalue weighted by Gasteiger charge is 2.22. The van der Waals surface area contributed by atoms with E-state index in [0.29, 0.717) is 23.0 Å². The number of hydrogen-bond acceptors (Lipinski definition) is 4. The average molecular weight is 313 g/mol. The van der Waals surface area contributed by atoms with Crippen molar-refractivity contribution in [3.63, 3.8) is 0 Å². The van der Waals surface area contributed by atoms with Crippen molar-refractivity contribution in [1.82, 2.24) is 4.98 Å². The summed E-state index contributed by atoms with van der Waals surface area (Å²) in [6.45, 7) is 0. The maximum Gasteiger partial charge on any atom is 0.363 e. The van der Waals surface area contributed by atoms with Gasteiger partial charge in [-0.3, -0.25) is 4.98 Å². The summed E-state index contributed by atoms with van der Waals surface area (Å²) in [6.07, 6.45) is 6.29. The molecule has 1 aromatic heterocycles. The van der Waals surface area contributed by atoms with Crippen molar-refractivity contribution in [1.29, 1.82) is 0 Å². The minimum absolute atomic E-state index is 0.312. The first-order chi connectivity index (χ1) is 10.7. The maximum atomic E-state index is 11.8. The van der Waals surface area contributed by atoms with E-state index in [1.165, 1.54) is 0 Å². The van der Waals surface area contributed by atoms with Gasteiger partial charge >= 0.3 is 5.97 Å². The summed E-state index contributed by atoms with van der Waals surface area (Å²) < 4.78 is 5.19. The Kier molecular flexibility index (Phi) is 4.30. The summed E-state index contributed by atoms with van der Waals surface area (Å²) in [5, 5.41) is 0.695. The number of rotatable bonds is 4.